The summed E-state index contributed by atoms with van der Waals surface area (Å²) in [5.41, 5.74) is 1.54. The maximum absolute atomic E-state index is 13.6. The molecule has 0 N–H and O–H groups in total. The van der Waals surface area contributed by atoms with Crippen LogP contribution in [0.2, 0.25) is 0 Å². The zero-order valence-electron chi connectivity index (χ0n) is 14.7. The Kier molecular flexibility index (Phi) is 4.17. The predicted octanol–water partition coefficient (Wildman–Crippen LogP) is 4.25. The molecule has 0 aliphatic carbocycles. The van der Waals surface area contributed by atoms with Gasteiger partial charge in [-0.25, -0.2) is 17.3 Å². The highest BCUT2D eigenvalue weighted by Gasteiger charge is 2.33. The van der Waals surface area contributed by atoms with Crippen molar-refractivity contribution in [3.63, 3.8) is 0 Å². The van der Waals surface area contributed by atoms with Gasteiger partial charge in [-0.05, 0) is 55.0 Å². The number of benzene rings is 2. The molecule has 27 heavy (non-hydrogen) atoms. The molecular weight excluding hydrogens is 363 g/mol. The Labute approximate surface area is 157 Å². The number of rotatable bonds is 4. The van der Waals surface area contributed by atoms with Gasteiger partial charge in [0.1, 0.15) is 24.8 Å². The highest BCUT2D eigenvalue weighted by atomic mass is 32.2. The van der Waals surface area contributed by atoms with Crippen molar-refractivity contribution >= 4 is 15.7 Å². The van der Waals surface area contributed by atoms with Crippen molar-refractivity contribution in [2.75, 3.05) is 0 Å². The van der Waals surface area contributed by atoms with Crippen LogP contribution in [0.15, 0.2) is 94.1 Å². The fraction of sp³-hybridized carbons (Fsp3) is 0.0952. The Balaban J connectivity index is 1.63. The van der Waals surface area contributed by atoms with Crippen LogP contribution in [0.5, 0.6) is 0 Å². The first-order chi connectivity index (χ1) is 12.9. The molecule has 2 aromatic rings. The van der Waals surface area contributed by atoms with Crippen LogP contribution in [0.1, 0.15) is 11.1 Å². The van der Waals surface area contributed by atoms with E-state index >= 15 is 0 Å². The molecule has 6 heteroatoms. The second-order valence-electron chi connectivity index (χ2n) is 6.69. The molecule has 0 bridgehead atoms. The summed E-state index contributed by atoms with van der Waals surface area (Å²) in [6.07, 6.45) is 11.7. The van der Waals surface area contributed by atoms with Crippen molar-refractivity contribution in [3.8, 4) is 0 Å². The van der Waals surface area contributed by atoms with Crippen molar-refractivity contribution < 1.29 is 17.3 Å². The number of sulfone groups is 1. The van der Waals surface area contributed by atoms with E-state index in [0.29, 0.717) is 16.6 Å². The molecule has 2 heterocycles. The lowest BCUT2D eigenvalue weighted by Crippen LogP contribution is -2.40. The summed E-state index contributed by atoms with van der Waals surface area (Å²) in [7, 11) is -3.76. The second kappa shape index (κ2) is 6.40. The molecule has 0 aromatic heterocycles. The number of aliphatic imine (C=N–C) groups is 1. The fourth-order valence-electron chi connectivity index (χ4n) is 3.32. The zero-order chi connectivity index (χ0) is 19.1. The molecular formula is C21H18FN2O2S+. The van der Waals surface area contributed by atoms with E-state index in [1.807, 2.05) is 30.6 Å². The van der Waals surface area contributed by atoms with Crippen LogP contribution in [-0.2, 0) is 16.4 Å². The van der Waals surface area contributed by atoms with E-state index in [0.717, 1.165) is 17.5 Å². The van der Waals surface area contributed by atoms with Gasteiger partial charge < -0.3 is 0 Å². The van der Waals surface area contributed by atoms with Crippen LogP contribution in [0.3, 0.4) is 0 Å². The molecule has 2 aromatic carbocycles. The van der Waals surface area contributed by atoms with Crippen molar-refractivity contribution in [2.45, 2.75) is 23.3 Å². The first-order valence-electron chi connectivity index (χ1n) is 8.50. The topological polar surface area (TPSA) is 46.5 Å². The minimum Gasteiger partial charge on any atom is -0.219 e. The maximum Gasteiger partial charge on any atom is 0.237 e. The summed E-state index contributed by atoms with van der Waals surface area (Å²) in [5, 5.41) is 0. The van der Waals surface area contributed by atoms with E-state index in [-0.39, 0.29) is 9.79 Å². The van der Waals surface area contributed by atoms with Gasteiger partial charge in [0.25, 0.3) is 0 Å². The lowest BCUT2D eigenvalue weighted by Gasteiger charge is -2.28. The van der Waals surface area contributed by atoms with Crippen molar-refractivity contribution in [3.05, 3.63) is 96.2 Å². The Morgan fingerprint density at radius 3 is 2.52 bits per heavy atom. The summed E-state index contributed by atoms with van der Waals surface area (Å²) >= 11 is 0. The molecule has 1 atom stereocenters. The maximum atomic E-state index is 13.6. The first kappa shape index (κ1) is 17.6. The van der Waals surface area contributed by atoms with Gasteiger partial charge in [0, 0.05) is 11.6 Å². The smallest absolute Gasteiger partial charge is 0.219 e. The number of aryl methyl sites for hydroxylation is 1. The number of allylic oxidation sites excluding steroid dienone is 2. The van der Waals surface area contributed by atoms with Gasteiger partial charge in [-0.1, -0.05) is 12.1 Å². The third kappa shape index (κ3) is 3.18. The monoisotopic (exact) mass is 381 g/mol. The summed E-state index contributed by atoms with van der Waals surface area (Å²) in [5.74, 6) is 0.364. The lowest BCUT2D eigenvalue weighted by molar-refractivity contribution is -0.743. The molecule has 2 aliphatic heterocycles. The predicted molar refractivity (Wildman–Crippen MR) is 102 cm³/mol. The molecule has 136 valence electrons. The number of nitrogens with zero attached hydrogens (tertiary/aromatic N) is 2. The van der Waals surface area contributed by atoms with E-state index in [4.69, 9.17) is 0 Å². The fourth-order valence-corrected chi connectivity index (χ4v) is 4.70. The van der Waals surface area contributed by atoms with Crippen LogP contribution >= 0.6 is 0 Å². The molecule has 0 spiro atoms. The van der Waals surface area contributed by atoms with Crippen LogP contribution in [0.4, 0.5) is 4.39 Å². The minimum atomic E-state index is -3.76. The third-order valence-electron chi connectivity index (χ3n) is 4.68. The average molecular weight is 381 g/mol. The number of quaternary nitrogens is 1. The Bertz CT molecular complexity index is 1110. The molecule has 0 radical (unpaired) electrons. The Morgan fingerprint density at radius 2 is 1.78 bits per heavy atom. The Hall–Kier alpha value is -2.83. The number of fused-ring (bicyclic) bond motifs is 1. The number of amidine groups is 1. The molecule has 2 aliphatic rings. The summed E-state index contributed by atoms with van der Waals surface area (Å²) in [4.78, 5) is 4.50. The average Bonchev–Trinajstić information content (AvgIpc) is 3.05. The highest BCUT2D eigenvalue weighted by molar-refractivity contribution is 7.91. The van der Waals surface area contributed by atoms with Crippen molar-refractivity contribution in [1.29, 1.82) is 0 Å². The highest BCUT2D eigenvalue weighted by Crippen LogP contribution is 2.28. The van der Waals surface area contributed by atoms with Crippen LogP contribution in [0.25, 0.3) is 0 Å². The van der Waals surface area contributed by atoms with E-state index in [1.54, 1.807) is 37.4 Å². The molecule has 4 nitrogen and oxygen atoms in total. The van der Waals surface area contributed by atoms with E-state index in [2.05, 4.69) is 4.99 Å². The van der Waals surface area contributed by atoms with Crippen LogP contribution < -0.4 is 0 Å². The SMILES string of the molecule is Cc1cc(F)cc(S(=O)(=O)c2ccc(C[N+]34C=CC=CC3=NC=C4)cc2)c1. The van der Waals surface area contributed by atoms with Crippen molar-refractivity contribution in [1.82, 2.24) is 0 Å². The van der Waals surface area contributed by atoms with E-state index in [1.165, 1.54) is 12.1 Å². The second-order valence-corrected chi connectivity index (χ2v) is 8.64. The minimum absolute atomic E-state index is 0.0318. The molecule has 0 saturated carbocycles. The van der Waals surface area contributed by atoms with Crippen LogP contribution in [0, 0.1) is 12.7 Å². The van der Waals surface area contributed by atoms with Gasteiger partial charge >= 0.3 is 0 Å². The first-order valence-corrected chi connectivity index (χ1v) is 9.98. The van der Waals surface area contributed by atoms with E-state index in [9.17, 15) is 12.8 Å². The summed E-state index contributed by atoms with van der Waals surface area (Å²) < 4.78 is 39.7. The third-order valence-corrected chi connectivity index (χ3v) is 6.43. The largest absolute Gasteiger partial charge is 0.237 e. The van der Waals surface area contributed by atoms with Gasteiger partial charge in [0.2, 0.25) is 15.7 Å². The molecule has 0 amide bonds. The van der Waals surface area contributed by atoms with Gasteiger partial charge in [-0.3, -0.25) is 0 Å². The van der Waals surface area contributed by atoms with E-state index < -0.39 is 15.7 Å². The lowest BCUT2D eigenvalue weighted by atomic mass is 10.1. The van der Waals surface area contributed by atoms with Gasteiger partial charge in [-0.15, -0.1) is 0 Å². The van der Waals surface area contributed by atoms with Gasteiger partial charge in [-0.2, -0.15) is 4.99 Å². The molecule has 0 fully saturated rings. The Morgan fingerprint density at radius 1 is 1.00 bits per heavy atom. The zero-order valence-corrected chi connectivity index (χ0v) is 15.5. The number of hydrogen-bond acceptors (Lipinski definition) is 3. The number of hydrogen-bond donors (Lipinski definition) is 0. The number of halogens is 1. The van der Waals surface area contributed by atoms with Crippen LogP contribution in [-0.4, -0.2) is 18.7 Å². The molecule has 1 unspecified atom stereocenters. The van der Waals surface area contributed by atoms with Gasteiger partial charge in [0.05, 0.1) is 16.0 Å². The van der Waals surface area contributed by atoms with Gasteiger partial charge in [0.15, 0.2) is 0 Å². The standard InChI is InChI=1S/C21H18FN2O2S/c1-16-12-18(22)14-20(13-16)27(25,26)19-7-5-17(6-8-19)15-24-10-3-2-4-21(24)23-9-11-24/h2-14H,15H2,1H3/q+1. The summed E-state index contributed by atoms with van der Waals surface area (Å²) in [6.45, 7) is 2.30. The van der Waals surface area contributed by atoms with Crippen molar-refractivity contribution in [2.24, 2.45) is 4.99 Å². The molecule has 4 rings (SSSR count). The summed E-state index contributed by atoms with van der Waals surface area (Å²) in [6, 6.07) is 10.6. The molecule has 0 saturated heterocycles. The normalized spacial score (nSPS) is 20.6. The quantitative estimate of drug-likeness (QED) is 0.744.